The summed E-state index contributed by atoms with van der Waals surface area (Å²) in [6, 6.07) is 10.3. The van der Waals surface area contributed by atoms with Crippen molar-refractivity contribution in [2.75, 3.05) is 5.32 Å². The van der Waals surface area contributed by atoms with Crippen LogP contribution in [0.1, 0.15) is 29.5 Å². The minimum atomic E-state index is -0.478. The molecule has 1 aliphatic carbocycles. The first-order valence-electron chi connectivity index (χ1n) is 7.75. The zero-order chi connectivity index (χ0) is 16.8. The Kier molecular flexibility index (Phi) is 3.46. The molecule has 2 aliphatic rings. The Hall–Kier alpha value is -2.53. The Morgan fingerprint density at radius 2 is 2.04 bits per heavy atom. The Labute approximate surface area is 143 Å². The van der Waals surface area contributed by atoms with E-state index >= 15 is 0 Å². The third-order valence-corrected chi connectivity index (χ3v) is 5.23. The second-order valence-electron chi connectivity index (χ2n) is 6.18. The van der Waals surface area contributed by atoms with Gasteiger partial charge in [-0.25, -0.2) is 0 Å². The topological polar surface area (TPSA) is 75.4 Å². The fraction of sp³-hybridized carbons (Fsp3) is 0.222. The van der Waals surface area contributed by atoms with Gasteiger partial charge in [0.1, 0.15) is 5.75 Å². The number of phenolic OH excluding ortho intramolecular Hbond substituents is 1. The van der Waals surface area contributed by atoms with Crippen molar-refractivity contribution < 1.29 is 10.0 Å². The number of non-ortho nitro benzene ring substituents is 1. The summed E-state index contributed by atoms with van der Waals surface area (Å²) in [4.78, 5) is 10.6. The Morgan fingerprint density at radius 1 is 1.25 bits per heavy atom. The quantitative estimate of drug-likeness (QED) is 0.356. The smallest absolute Gasteiger partial charge is 0.273 e. The predicted molar refractivity (Wildman–Crippen MR) is 92.6 cm³/mol. The van der Waals surface area contributed by atoms with Crippen LogP contribution in [-0.2, 0) is 0 Å². The van der Waals surface area contributed by atoms with Crippen LogP contribution in [0.5, 0.6) is 5.75 Å². The van der Waals surface area contributed by atoms with E-state index in [1.165, 1.54) is 6.07 Å². The number of nitro groups is 1. The molecular weight excluding hydrogens is 328 g/mol. The number of allylic oxidation sites excluding steroid dienone is 2. The van der Waals surface area contributed by atoms with Crippen molar-refractivity contribution in [3.8, 4) is 5.75 Å². The average Bonchev–Trinajstić information content (AvgIpc) is 3.05. The maximum atomic E-state index is 11.1. The summed E-state index contributed by atoms with van der Waals surface area (Å²) in [5.74, 6) is 0.127. The van der Waals surface area contributed by atoms with E-state index in [2.05, 4.69) is 17.5 Å². The van der Waals surface area contributed by atoms with E-state index in [1.54, 1.807) is 6.07 Å². The lowest BCUT2D eigenvalue weighted by atomic mass is 9.76. The summed E-state index contributed by atoms with van der Waals surface area (Å²) in [6.45, 7) is 0. The fourth-order valence-electron chi connectivity index (χ4n) is 3.81. The van der Waals surface area contributed by atoms with Gasteiger partial charge in [-0.2, -0.15) is 0 Å². The molecular formula is C18H15ClN2O3. The van der Waals surface area contributed by atoms with E-state index in [1.807, 2.05) is 24.3 Å². The number of benzene rings is 2. The van der Waals surface area contributed by atoms with Gasteiger partial charge in [-0.15, -0.1) is 0 Å². The number of nitrogens with zero attached hydrogens (tertiary/aromatic N) is 1. The standard InChI is InChI=1S/C18H15ClN2O3/c19-15-7-2-1-4-13(15)17-12-6-3-5-11(12)14-8-10(21(23)24)9-16(22)18(14)20-17/h1-5,7-9,11-12,17,20,22H,6H2. The Morgan fingerprint density at radius 3 is 2.79 bits per heavy atom. The number of hydrogen-bond acceptors (Lipinski definition) is 4. The molecule has 6 heteroatoms. The van der Waals surface area contributed by atoms with Crippen LogP contribution in [0.4, 0.5) is 11.4 Å². The van der Waals surface area contributed by atoms with Crippen molar-refractivity contribution in [3.05, 3.63) is 74.8 Å². The predicted octanol–water partition coefficient (Wildman–Crippen LogP) is 4.78. The van der Waals surface area contributed by atoms with E-state index < -0.39 is 4.92 Å². The van der Waals surface area contributed by atoms with Crippen molar-refractivity contribution in [1.82, 2.24) is 0 Å². The van der Waals surface area contributed by atoms with Crippen LogP contribution in [0.2, 0.25) is 5.02 Å². The maximum absolute atomic E-state index is 11.1. The molecule has 0 amide bonds. The molecule has 0 bridgehead atoms. The zero-order valence-electron chi connectivity index (χ0n) is 12.6. The van der Waals surface area contributed by atoms with E-state index in [9.17, 15) is 15.2 Å². The first-order valence-corrected chi connectivity index (χ1v) is 8.13. The van der Waals surface area contributed by atoms with Crippen LogP contribution in [0.25, 0.3) is 0 Å². The number of phenols is 1. The third kappa shape index (κ3) is 2.24. The van der Waals surface area contributed by atoms with Crippen LogP contribution < -0.4 is 5.32 Å². The number of nitro benzene ring substituents is 1. The number of anilines is 1. The second-order valence-corrected chi connectivity index (χ2v) is 6.59. The minimum Gasteiger partial charge on any atom is -0.506 e. The lowest BCUT2D eigenvalue weighted by Gasteiger charge is -2.37. The van der Waals surface area contributed by atoms with E-state index in [4.69, 9.17) is 11.6 Å². The number of halogens is 1. The van der Waals surface area contributed by atoms with Gasteiger partial charge in [0.15, 0.2) is 0 Å². The molecule has 122 valence electrons. The summed E-state index contributed by atoms with van der Waals surface area (Å²) in [6.07, 6.45) is 5.01. The van der Waals surface area contributed by atoms with Crippen LogP contribution >= 0.6 is 11.6 Å². The lowest BCUT2D eigenvalue weighted by Crippen LogP contribution is -2.29. The monoisotopic (exact) mass is 342 g/mol. The molecule has 24 heavy (non-hydrogen) atoms. The Balaban J connectivity index is 1.85. The number of hydrogen-bond donors (Lipinski definition) is 2. The highest BCUT2D eigenvalue weighted by Gasteiger charge is 2.40. The average molecular weight is 343 g/mol. The van der Waals surface area contributed by atoms with Gasteiger partial charge in [0.25, 0.3) is 5.69 Å². The SMILES string of the molecule is O=[N+]([O-])c1cc(O)c2c(c1)C1C=CCC1C(c1ccccc1Cl)N2. The first-order chi connectivity index (χ1) is 11.6. The van der Waals surface area contributed by atoms with E-state index in [-0.39, 0.29) is 29.3 Å². The van der Waals surface area contributed by atoms with Gasteiger partial charge in [-0.3, -0.25) is 10.1 Å². The molecule has 2 N–H and O–H groups in total. The molecule has 0 spiro atoms. The molecule has 0 fully saturated rings. The molecule has 3 atom stereocenters. The number of rotatable bonds is 2. The van der Waals surface area contributed by atoms with Crippen LogP contribution in [-0.4, -0.2) is 10.0 Å². The fourth-order valence-corrected chi connectivity index (χ4v) is 4.06. The number of nitrogens with one attached hydrogen (secondary N) is 1. The number of fused-ring (bicyclic) bond motifs is 3. The summed E-state index contributed by atoms with van der Waals surface area (Å²) < 4.78 is 0. The maximum Gasteiger partial charge on any atom is 0.273 e. The summed E-state index contributed by atoms with van der Waals surface area (Å²) >= 11 is 6.37. The van der Waals surface area contributed by atoms with Crippen molar-refractivity contribution in [2.24, 2.45) is 5.92 Å². The highest BCUT2D eigenvalue weighted by Crippen LogP contribution is 2.53. The van der Waals surface area contributed by atoms with Crippen LogP contribution in [0.15, 0.2) is 48.6 Å². The molecule has 2 aromatic carbocycles. The second kappa shape index (κ2) is 5.53. The summed E-state index contributed by atoms with van der Waals surface area (Å²) in [7, 11) is 0. The normalized spacial score (nSPS) is 24.1. The molecule has 5 nitrogen and oxygen atoms in total. The number of aromatic hydroxyl groups is 1. The first kappa shape index (κ1) is 15.0. The minimum absolute atomic E-state index is 0.0216. The molecule has 0 saturated carbocycles. The van der Waals surface area contributed by atoms with Crippen LogP contribution in [0.3, 0.4) is 0 Å². The van der Waals surface area contributed by atoms with Gasteiger partial charge in [-0.1, -0.05) is 42.0 Å². The zero-order valence-corrected chi connectivity index (χ0v) is 13.4. The van der Waals surface area contributed by atoms with Crippen molar-refractivity contribution in [3.63, 3.8) is 0 Å². The molecule has 1 aliphatic heterocycles. The molecule has 0 radical (unpaired) electrons. The van der Waals surface area contributed by atoms with E-state index in [0.717, 1.165) is 17.5 Å². The molecule has 3 unspecified atom stereocenters. The van der Waals surface area contributed by atoms with Crippen molar-refractivity contribution in [2.45, 2.75) is 18.4 Å². The van der Waals surface area contributed by atoms with E-state index in [0.29, 0.717) is 10.7 Å². The highest BCUT2D eigenvalue weighted by molar-refractivity contribution is 6.31. The Bertz CT molecular complexity index is 865. The lowest BCUT2D eigenvalue weighted by molar-refractivity contribution is -0.385. The molecule has 2 aromatic rings. The van der Waals surface area contributed by atoms with Gasteiger partial charge < -0.3 is 10.4 Å². The molecule has 4 rings (SSSR count). The largest absolute Gasteiger partial charge is 0.506 e. The van der Waals surface area contributed by atoms with Gasteiger partial charge in [0, 0.05) is 17.0 Å². The van der Waals surface area contributed by atoms with Crippen molar-refractivity contribution >= 4 is 23.0 Å². The van der Waals surface area contributed by atoms with Gasteiger partial charge in [0.05, 0.1) is 22.7 Å². The third-order valence-electron chi connectivity index (χ3n) is 4.88. The van der Waals surface area contributed by atoms with Crippen LogP contribution in [0, 0.1) is 16.0 Å². The van der Waals surface area contributed by atoms with Gasteiger partial charge in [-0.05, 0) is 29.5 Å². The highest BCUT2D eigenvalue weighted by atomic mass is 35.5. The molecule has 0 aromatic heterocycles. The summed E-state index contributed by atoms with van der Waals surface area (Å²) in [5.41, 5.74) is 2.20. The van der Waals surface area contributed by atoms with Crippen molar-refractivity contribution in [1.29, 1.82) is 0 Å². The molecule has 1 heterocycles. The molecule has 0 saturated heterocycles. The van der Waals surface area contributed by atoms with Gasteiger partial charge in [0.2, 0.25) is 0 Å². The summed E-state index contributed by atoms with van der Waals surface area (Å²) in [5, 5.41) is 25.5. The van der Waals surface area contributed by atoms with Gasteiger partial charge >= 0.3 is 0 Å².